The fourth-order valence-electron chi connectivity index (χ4n) is 3.20. The molecule has 118 valence electrons. The van der Waals surface area contributed by atoms with Crippen LogP contribution < -0.4 is 0 Å². The first-order valence-corrected chi connectivity index (χ1v) is 8.55. The molecular weight excluding hydrogens is 264 g/mol. The van der Waals surface area contributed by atoms with E-state index in [1.807, 2.05) is 0 Å². The van der Waals surface area contributed by atoms with Crippen LogP contribution in [0, 0.1) is 5.92 Å². The van der Waals surface area contributed by atoms with Crippen LogP contribution in [0.5, 0.6) is 0 Å². The van der Waals surface area contributed by atoms with Gasteiger partial charge in [0.15, 0.2) is 5.82 Å². The second kappa shape index (κ2) is 6.88. The van der Waals surface area contributed by atoms with Gasteiger partial charge in [0, 0.05) is 12.5 Å². The van der Waals surface area contributed by atoms with E-state index in [1.54, 1.807) is 0 Å². The van der Waals surface area contributed by atoms with Gasteiger partial charge in [-0.1, -0.05) is 19.0 Å². The van der Waals surface area contributed by atoms with Crippen LogP contribution in [-0.2, 0) is 6.54 Å². The number of aromatic nitrogens is 2. The van der Waals surface area contributed by atoms with Gasteiger partial charge in [-0.3, -0.25) is 4.90 Å². The largest absolute Gasteiger partial charge is 0.338 e. The number of likely N-dealkylation sites (tertiary alicyclic amines) is 1. The molecule has 0 unspecified atom stereocenters. The molecule has 0 aromatic carbocycles. The van der Waals surface area contributed by atoms with Gasteiger partial charge in [0.1, 0.15) is 0 Å². The van der Waals surface area contributed by atoms with Crippen LogP contribution in [-0.4, -0.2) is 52.7 Å². The molecule has 21 heavy (non-hydrogen) atoms. The molecule has 2 heterocycles. The van der Waals surface area contributed by atoms with Crippen molar-refractivity contribution in [3.8, 4) is 0 Å². The summed E-state index contributed by atoms with van der Waals surface area (Å²) in [5.74, 6) is 3.17. The van der Waals surface area contributed by atoms with E-state index in [-0.39, 0.29) is 0 Å². The fraction of sp³-hybridized carbons (Fsp3) is 0.875. The molecule has 1 aromatic heterocycles. The maximum atomic E-state index is 5.38. The monoisotopic (exact) mass is 292 g/mol. The third-order valence-electron chi connectivity index (χ3n) is 4.90. The Labute approximate surface area is 127 Å². The predicted molar refractivity (Wildman–Crippen MR) is 82.1 cm³/mol. The van der Waals surface area contributed by atoms with Crippen molar-refractivity contribution in [3.05, 3.63) is 11.7 Å². The highest BCUT2D eigenvalue weighted by atomic mass is 16.5. The molecule has 1 aliphatic carbocycles. The van der Waals surface area contributed by atoms with Crippen molar-refractivity contribution in [1.29, 1.82) is 0 Å². The van der Waals surface area contributed by atoms with Gasteiger partial charge in [-0.25, -0.2) is 0 Å². The Kier molecular flexibility index (Phi) is 4.91. The van der Waals surface area contributed by atoms with Gasteiger partial charge in [0.05, 0.1) is 6.54 Å². The molecule has 1 aliphatic heterocycles. The number of rotatable bonds is 7. The van der Waals surface area contributed by atoms with Gasteiger partial charge in [-0.05, 0) is 57.8 Å². The maximum Gasteiger partial charge on any atom is 0.240 e. The highest BCUT2D eigenvalue weighted by Gasteiger charge is 2.29. The lowest BCUT2D eigenvalue weighted by Gasteiger charge is -2.33. The molecule has 0 amide bonds. The van der Waals surface area contributed by atoms with Crippen molar-refractivity contribution in [3.63, 3.8) is 0 Å². The van der Waals surface area contributed by atoms with Crippen LogP contribution in [0.25, 0.3) is 0 Å². The average Bonchev–Trinajstić information content (AvgIpc) is 3.27. The number of hydrogen-bond donors (Lipinski definition) is 0. The summed E-state index contributed by atoms with van der Waals surface area (Å²) in [6.45, 7) is 11.3. The lowest BCUT2D eigenvalue weighted by molar-refractivity contribution is 0.132. The van der Waals surface area contributed by atoms with Crippen molar-refractivity contribution in [1.82, 2.24) is 19.9 Å². The molecule has 5 nitrogen and oxygen atoms in total. The second-order valence-corrected chi connectivity index (χ2v) is 6.53. The van der Waals surface area contributed by atoms with Gasteiger partial charge >= 0.3 is 0 Å². The summed E-state index contributed by atoms with van der Waals surface area (Å²) in [5, 5.41) is 4.10. The summed E-state index contributed by atoms with van der Waals surface area (Å²) in [6, 6.07) is 0. The smallest absolute Gasteiger partial charge is 0.240 e. The molecule has 1 aromatic rings. The maximum absolute atomic E-state index is 5.38. The van der Waals surface area contributed by atoms with Crippen LogP contribution in [0.1, 0.15) is 57.2 Å². The Balaban J connectivity index is 1.42. The molecule has 0 spiro atoms. The molecule has 2 fully saturated rings. The van der Waals surface area contributed by atoms with Gasteiger partial charge in [-0.2, -0.15) is 4.98 Å². The highest BCUT2D eigenvalue weighted by Crippen LogP contribution is 2.38. The third-order valence-corrected chi connectivity index (χ3v) is 4.90. The fourth-order valence-corrected chi connectivity index (χ4v) is 3.20. The van der Waals surface area contributed by atoms with Crippen LogP contribution in [0.4, 0.5) is 0 Å². The third kappa shape index (κ3) is 4.04. The Morgan fingerprint density at radius 3 is 2.48 bits per heavy atom. The zero-order valence-corrected chi connectivity index (χ0v) is 13.4. The zero-order valence-electron chi connectivity index (χ0n) is 13.4. The van der Waals surface area contributed by atoms with Gasteiger partial charge < -0.3 is 9.42 Å². The van der Waals surface area contributed by atoms with Crippen LogP contribution >= 0.6 is 0 Å². The molecule has 0 atom stereocenters. The Morgan fingerprint density at radius 1 is 1.14 bits per heavy atom. The van der Waals surface area contributed by atoms with E-state index in [4.69, 9.17) is 4.52 Å². The standard InChI is InChI=1S/C16H28N4O/c1-3-19(4-2)11-13-7-9-20(10-8-13)12-15-17-16(18-21-15)14-5-6-14/h13-14H,3-12H2,1-2H3. The molecule has 0 radical (unpaired) electrons. The molecule has 1 saturated heterocycles. The Morgan fingerprint density at radius 2 is 1.86 bits per heavy atom. The Bertz CT molecular complexity index is 431. The first kappa shape index (κ1) is 15.0. The van der Waals surface area contributed by atoms with Crippen LogP contribution in [0.15, 0.2) is 4.52 Å². The number of hydrogen-bond acceptors (Lipinski definition) is 5. The topological polar surface area (TPSA) is 45.4 Å². The summed E-state index contributed by atoms with van der Waals surface area (Å²) in [5.41, 5.74) is 0. The predicted octanol–water partition coefficient (Wildman–Crippen LogP) is 2.50. The number of piperidine rings is 1. The van der Waals surface area contributed by atoms with Gasteiger partial charge in [0.25, 0.3) is 0 Å². The lowest BCUT2D eigenvalue weighted by Crippen LogP contribution is -2.38. The summed E-state index contributed by atoms with van der Waals surface area (Å²) in [4.78, 5) is 9.54. The summed E-state index contributed by atoms with van der Waals surface area (Å²) < 4.78 is 5.38. The molecule has 3 rings (SSSR count). The molecule has 5 heteroatoms. The minimum atomic E-state index is 0.585. The molecule has 0 bridgehead atoms. The highest BCUT2D eigenvalue weighted by molar-refractivity contribution is 5.03. The first-order valence-electron chi connectivity index (χ1n) is 8.55. The van der Waals surface area contributed by atoms with Crippen molar-refractivity contribution in [2.24, 2.45) is 5.92 Å². The second-order valence-electron chi connectivity index (χ2n) is 6.53. The zero-order chi connectivity index (χ0) is 14.7. The minimum absolute atomic E-state index is 0.585. The van der Waals surface area contributed by atoms with Gasteiger partial charge in [0.2, 0.25) is 5.89 Å². The van der Waals surface area contributed by atoms with Crippen molar-refractivity contribution < 1.29 is 4.52 Å². The average molecular weight is 292 g/mol. The molecule has 2 aliphatic rings. The lowest BCUT2D eigenvalue weighted by atomic mass is 9.96. The summed E-state index contributed by atoms with van der Waals surface area (Å²) >= 11 is 0. The van der Waals surface area contributed by atoms with E-state index in [9.17, 15) is 0 Å². The van der Waals surface area contributed by atoms with Gasteiger partial charge in [-0.15, -0.1) is 0 Å². The van der Waals surface area contributed by atoms with E-state index in [0.29, 0.717) is 5.92 Å². The summed E-state index contributed by atoms with van der Waals surface area (Å²) in [6.07, 6.45) is 5.05. The van der Waals surface area contributed by atoms with E-state index in [2.05, 4.69) is 33.8 Å². The number of nitrogens with zero attached hydrogens (tertiary/aromatic N) is 4. The SMILES string of the molecule is CCN(CC)CC1CCN(Cc2nc(C3CC3)no2)CC1. The van der Waals surface area contributed by atoms with E-state index in [1.165, 1.54) is 45.3 Å². The summed E-state index contributed by atoms with van der Waals surface area (Å²) in [7, 11) is 0. The van der Waals surface area contributed by atoms with E-state index in [0.717, 1.165) is 37.3 Å². The molecule has 0 N–H and O–H groups in total. The van der Waals surface area contributed by atoms with Crippen LogP contribution in [0.2, 0.25) is 0 Å². The molecular formula is C16H28N4O. The minimum Gasteiger partial charge on any atom is -0.338 e. The first-order chi connectivity index (χ1) is 10.3. The van der Waals surface area contributed by atoms with Crippen molar-refractivity contribution in [2.45, 2.75) is 52.0 Å². The Hall–Kier alpha value is -0.940. The van der Waals surface area contributed by atoms with Crippen LogP contribution in [0.3, 0.4) is 0 Å². The van der Waals surface area contributed by atoms with E-state index < -0.39 is 0 Å². The van der Waals surface area contributed by atoms with E-state index >= 15 is 0 Å². The van der Waals surface area contributed by atoms with Crippen molar-refractivity contribution >= 4 is 0 Å². The molecule has 1 saturated carbocycles. The quantitative estimate of drug-likeness (QED) is 0.772. The normalized spacial score (nSPS) is 21.3. The van der Waals surface area contributed by atoms with Crippen molar-refractivity contribution in [2.75, 3.05) is 32.7 Å².